The van der Waals surface area contributed by atoms with Crippen LogP contribution in [-0.2, 0) is 85.4 Å². The fourth-order valence-electron chi connectivity index (χ4n) is 15.3. The van der Waals surface area contributed by atoms with Crippen molar-refractivity contribution in [2.75, 3.05) is 39.6 Å². The Morgan fingerprint density at radius 1 is 0.325 bits per heavy atom. The Morgan fingerprint density at radius 2 is 0.579 bits per heavy atom. The Bertz CT molecular complexity index is 2680. The third kappa shape index (κ3) is 30.2. The molecule has 0 radical (unpaired) electrons. The van der Waals surface area contributed by atoms with Gasteiger partial charge in [-0.1, -0.05) is 96.3 Å². The average Bonchev–Trinajstić information content (AvgIpc) is 0.810. The molecule has 9 aliphatic rings. The minimum absolute atomic E-state index is 0. The van der Waals surface area contributed by atoms with Crippen LogP contribution in [0.4, 0.5) is 0 Å². The van der Waals surface area contributed by atoms with Crippen LogP contribution in [0, 0.1) is 17.8 Å². The maximum atomic E-state index is 11.8. The summed E-state index contributed by atoms with van der Waals surface area (Å²) in [4.78, 5) is 35.4. The number of carbonyl (C=O) groups is 3. The zero-order valence-electron chi connectivity index (χ0n) is 66.6. The van der Waals surface area contributed by atoms with E-state index in [9.17, 15) is 122 Å². The summed E-state index contributed by atoms with van der Waals surface area (Å²) < 4.78 is 83.1. The van der Waals surface area contributed by atoms with Crippen LogP contribution in [-0.4, -0.2) is 370 Å². The summed E-state index contributed by atoms with van der Waals surface area (Å²) in [6.45, 7) is 6.76. The van der Waals surface area contributed by atoms with Crippen LogP contribution >= 0.6 is 0 Å². The molecule has 6 aliphatic heterocycles. The van der Waals surface area contributed by atoms with Crippen molar-refractivity contribution >= 4 is 17.9 Å². The molecule has 9 fully saturated rings. The van der Waals surface area contributed by atoms with Crippen molar-refractivity contribution in [1.82, 2.24) is 0 Å². The van der Waals surface area contributed by atoms with Crippen LogP contribution in [0.15, 0.2) is 0 Å². The molecule has 0 aromatic heterocycles. The van der Waals surface area contributed by atoms with Gasteiger partial charge < -0.3 is 193 Å². The molecule has 36 atom stereocenters. The summed E-state index contributed by atoms with van der Waals surface area (Å²) >= 11 is 0. The summed E-state index contributed by atoms with van der Waals surface area (Å²) in [6.07, 6.45) is -32.0. The van der Waals surface area contributed by atoms with Gasteiger partial charge in [0.25, 0.3) is 0 Å². The molecular weight excluding hydrogens is 1560 g/mol. The molecule has 18 N–H and O–H groups in total. The second kappa shape index (κ2) is 52.1. The Balaban J connectivity index is 0.000000356. The van der Waals surface area contributed by atoms with Crippen molar-refractivity contribution in [2.24, 2.45) is 17.8 Å². The van der Waals surface area contributed by atoms with Gasteiger partial charge in [-0.15, -0.1) is 0 Å². The quantitative estimate of drug-likeness (QED) is 0.0214. The first-order valence-corrected chi connectivity index (χ1v) is 39.0. The van der Waals surface area contributed by atoms with Gasteiger partial charge in [-0.05, 0) is 78.6 Å². The molecule has 648 valence electrons. The summed E-state index contributed by atoms with van der Waals surface area (Å²) in [5.74, 6) is -3.98. The van der Waals surface area contributed by atoms with Gasteiger partial charge >= 0.3 is 88.7 Å². The molecule has 114 heavy (non-hydrogen) atoms. The normalized spacial score (nSPS) is 40.2. The molecule has 3 saturated carbocycles. The molecule has 0 aromatic rings. The van der Waals surface area contributed by atoms with Crippen LogP contribution in [0.1, 0.15) is 157 Å². The Morgan fingerprint density at radius 3 is 0.886 bits per heavy atom. The summed E-state index contributed by atoms with van der Waals surface area (Å²) in [5.41, 5.74) is 0. The molecular formula is C72H123Na3O39. The van der Waals surface area contributed by atoms with Gasteiger partial charge in [0.1, 0.15) is 128 Å². The van der Waals surface area contributed by atoms with Crippen LogP contribution in [0.3, 0.4) is 0 Å². The molecule has 0 amide bonds. The van der Waals surface area contributed by atoms with E-state index in [0.29, 0.717) is 0 Å². The molecule has 0 bridgehead atoms. The van der Waals surface area contributed by atoms with Crippen molar-refractivity contribution in [2.45, 2.75) is 378 Å². The zero-order valence-corrected chi connectivity index (χ0v) is 72.6. The number of rotatable bonds is 33. The van der Waals surface area contributed by atoms with Gasteiger partial charge in [0.2, 0.25) is 0 Å². The average molecular weight is 1680 g/mol. The summed E-state index contributed by atoms with van der Waals surface area (Å²) in [5, 5.41) is 218. The molecule has 42 heteroatoms. The van der Waals surface area contributed by atoms with Crippen LogP contribution in [0.2, 0.25) is 0 Å². The van der Waals surface area contributed by atoms with E-state index in [4.69, 9.17) is 71.1 Å². The second-order valence-electron chi connectivity index (χ2n) is 30.8. The Kier molecular flexibility index (Phi) is 48.7. The zero-order chi connectivity index (χ0) is 81.8. The van der Waals surface area contributed by atoms with Crippen molar-refractivity contribution in [3.63, 3.8) is 0 Å². The second-order valence-corrected chi connectivity index (χ2v) is 30.8. The van der Waals surface area contributed by atoms with E-state index in [0.717, 1.165) is 96.3 Å². The van der Waals surface area contributed by atoms with Gasteiger partial charge in [0, 0.05) is 0 Å². The van der Waals surface area contributed by atoms with E-state index < -0.39 is 259 Å². The van der Waals surface area contributed by atoms with E-state index in [-0.39, 0.29) is 146 Å². The smallest absolute Gasteiger partial charge is 0.547 e. The van der Waals surface area contributed by atoms with E-state index in [1.807, 2.05) is 0 Å². The number of hydrogen-bond donors (Lipinski definition) is 18. The number of hydrogen-bond acceptors (Lipinski definition) is 39. The largest absolute Gasteiger partial charge is 1.00 e. The van der Waals surface area contributed by atoms with Gasteiger partial charge in [-0.3, -0.25) is 0 Å². The third-order valence-electron chi connectivity index (χ3n) is 22.3. The SMILES string of the molecule is CC1O[C@@H](OC(C)[C@@H](C)O[C@@H]2O[C@@H](CO)[C@H](O)C(O[C@@H](CC3CCCCC3)C(=O)[O-])C2O)C(O)[C@@H](O)[C@@H]1O.CC1O[C@@H](OCCO[C@@H]2O[C@@H](CO)[C@H](O)C(O[C@@H](CC3CCCCC3)C(=O)[O-])C2O)C(O)[C@@H](O)[C@@H]1O.CC1O[C@@H](OC[C@@H](C)O[C@@H]2O[C@@H](CO)[C@H](O)C(O[C@@H](CC3CCCCC3)C(=O)[O-])C2O)C(O)[C@@H](O)[C@@H]1O.[Na+].[Na+].[Na+]. The summed E-state index contributed by atoms with van der Waals surface area (Å²) in [7, 11) is 0. The predicted molar refractivity (Wildman–Crippen MR) is 364 cm³/mol. The van der Waals surface area contributed by atoms with Crippen molar-refractivity contribution in [1.29, 1.82) is 0 Å². The summed E-state index contributed by atoms with van der Waals surface area (Å²) in [6, 6.07) is 0. The first kappa shape index (κ1) is 106. The van der Waals surface area contributed by atoms with E-state index in [2.05, 4.69) is 0 Å². The van der Waals surface area contributed by atoms with Crippen LogP contribution in [0.25, 0.3) is 0 Å². The number of aliphatic carboxylic acids is 3. The monoisotopic (exact) mass is 1680 g/mol. The topological polar surface area (TPSA) is 623 Å². The molecule has 6 saturated heterocycles. The fraction of sp³-hybridized carbons (Fsp3) is 0.958. The Labute approximate surface area is 729 Å². The molecule has 0 spiro atoms. The molecule has 3 aliphatic carbocycles. The number of carbonyl (C=O) groups excluding carboxylic acids is 3. The number of carboxylic acid groups (broad SMARTS) is 3. The van der Waals surface area contributed by atoms with Crippen molar-refractivity contribution in [3.8, 4) is 0 Å². The molecule has 0 aromatic carbocycles. The van der Waals surface area contributed by atoms with Crippen molar-refractivity contribution in [3.05, 3.63) is 0 Å². The first-order valence-electron chi connectivity index (χ1n) is 39.0. The standard InChI is InChI=1S/C25H44O13.C24H42O13.C23H40O13.3Na/c1-11(34-24-20(30)19(29)17(27)13(3)36-24)12(2)35-25-21(31)22(18(28)16(10-26)38-25)37-15(23(32)33)9-14-7-5-4-6-8-14;1-11(10-33-23-19(29)18(28)16(26)12(2)35-23)34-24-20(30)21(17(27)15(9-25)37-24)36-14(22(31)32)8-13-6-4-3-5-7-13;1-11-15(25)17(27)18(28)22(34-11)32-7-8-33-23-19(29)20(16(26)14(10-24)36-23)35-13(21(30)31)9-12-5-3-2-4-6-12;;;/h11-22,24-31H,4-10H2,1-3H3,(H,32,33);11-21,23-30H,3-10H2,1-2H3,(H,31,32);11-20,22-29H,2-10H2,1H3,(H,30,31);;;/q;;;3*+1/p-3/t11?,12-,13?,15+,16+,17-,18+,19+,20?,21?,22?,24-,25-;11-,12?,14+,15+,16-,17+,18+,19?,20?,21?,23-,24-;11?,13-,14-,15+,16-,17-,18?,19?,20?,22+,23+;;;/m110.../s1. The van der Waals surface area contributed by atoms with Gasteiger partial charge in [0.15, 0.2) is 37.7 Å². The number of aliphatic hydroxyl groups excluding tert-OH is 18. The molecule has 6 heterocycles. The molecule has 9 rings (SSSR count). The van der Waals surface area contributed by atoms with Crippen LogP contribution in [0.5, 0.6) is 0 Å². The van der Waals surface area contributed by atoms with Crippen LogP contribution < -0.4 is 104 Å². The fourth-order valence-corrected chi connectivity index (χ4v) is 15.3. The predicted octanol–water partition coefficient (Wildman–Crippen LogP) is -17.5. The first-order chi connectivity index (χ1) is 52.6. The van der Waals surface area contributed by atoms with Crippen molar-refractivity contribution < 1.29 is 281 Å². The van der Waals surface area contributed by atoms with Gasteiger partial charge in [-0.2, -0.15) is 0 Å². The van der Waals surface area contributed by atoms with Gasteiger partial charge in [-0.25, -0.2) is 0 Å². The number of ether oxygens (including phenoxy) is 15. The van der Waals surface area contributed by atoms with E-state index >= 15 is 0 Å². The maximum Gasteiger partial charge on any atom is 1.00 e. The maximum absolute atomic E-state index is 11.8. The minimum Gasteiger partial charge on any atom is -0.547 e. The number of aliphatic hydroxyl groups is 18. The van der Waals surface area contributed by atoms with Gasteiger partial charge in [0.05, 0.1) is 112 Å². The molecule has 39 nitrogen and oxygen atoms in total. The van der Waals surface area contributed by atoms with E-state index in [1.165, 1.54) is 20.8 Å². The molecule has 13 unspecified atom stereocenters. The number of carboxylic acids is 3. The third-order valence-corrected chi connectivity index (χ3v) is 22.3. The minimum atomic E-state index is -1.62. The van der Waals surface area contributed by atoms with E-state index in [1.54, 1.807) is 20.8 Å². The Hall–Kier alpha value is 0.0900.